The molecule has 6 nitrogen and oxygen atoms in total. The van der Waals surface area contributed by atoms with Gasteiger partial charge in [-0.2, -0.15) is 0 Å². The number of amides is 1. The molecule has 0 unspecified atom stereocenters. The summed E-state index contributed by atoms with van der Waals surface area (Å²) in [6, 6.07) is -0.135. The van der Waals surface area contributed by atoms with E-state index in [2.05, 4.69) is 4.98 Å². The molecule has 0 saturated carbocycles. The van der Waals surface area contributed by atoms with Crippen molar-refractivity contribution in [3.8, 4) is 0 Å². The van der Waals surface area contributed by atoms with Crippen molar-refractivity contribution in [2.75, 3.05) is 6.61 Å². The second-order valence-electron chi connectivity index (χ2n) is 5.64. The molecule has 1 amide bonds. The van der Waals surface area contributed by atoms with E-state index in [1.165, 1.54) is 11.3 Å². The molecule has 1 aliphatic rings. The van der Waals surface area contributed by atoms with Gasteiger partial charge in [-0.1, -0.05) is 13.3 Å². The monoisotopic (exact) mass is 338 g/mol. The first-order valence-electron chi connectivity index (χ1n) is 7.83. The number of carboxylic acid groups (broad SMARTS) is 1. The number of carboxylic acids is 1. The minimum absolute atomic E-state index is 0.0329. The van der Waals surface area contributed by atoms with Crippen LogP contribution < -0.4 is 0 Å². The highest BCUT2D eigenvalue weighted by Crippen LogP contribution is 2.23. The highest BCUT2D eigenvalue weighted by Gasteiger charge is 2.30. The number of carbonyl (C=O) groups is 2. The molecule has 0 aliphatic carbocycles. The molecule has 2 rings (SSSR count). The van der Waals surface area contributed by atoms with Crippen LogP contribution in [-0.4, -0.2) is 44.6 Å². The van der Waals surface area contributed by atoms with Gasteiger partial charge in [0, 0.05) is 17.4 Å². The number of likely N-dealkylation sites (tertiary alicyclic amines) is 1. The summed E-state index contributed by atoms with van der Waals surface area (Å²) in [5.41, 5.74) is 0.972. The van der Waals surface area contributed by atoms with Gasteiger partial charge in [0.1, 0.15) is 5.01 Å². The predicted octanol–water partition coefficient (Wildman–Crippen LogP) is 2.28. The van der Waals surface area contributed by atoms with Gasteiger partial charge in [0.2, 0.25) is 5.91 Å². The summed E-state index contributed by atoms with van der Waals surface area (Å²) in [6.45, 7) is 2.36. The zero-order chi connectivity index (χ0) is 16.8. The third kappa shape index (κ3) is 4.62. The number of hydrogen-bond acceptors (Lipinski definition) is 5. The van der Waals surface area contributed by atoms with Gasteiger partial charge in [-0.15, -0.1) is 11.3 Å². The van der Waals surface area contributed by atoms with Gasteiger partial charge in [0.25, 0.3) is 0 Å². The van der Waals surface area contributed by atoms with Gasteiger partial charge in [-0.3, -0.25) is 4.79 Å². The first kappa shape index (κ1) is 17.6. The molecule has 7 heteroatoms. The third-order valence-corrected chi connectivity index (χ3v) is 4.79. The van der Waals surface area contributed by atoms with Crippen molar-refractivity contribution in [3.05, 3.63) is 21.7 Å². The summed E-state index contributed by atoms with van der Waals surface area (Å²) in [6.07, 6.45) is 5.03. The number of thiazole rings is 1. The molecule has 2 N–H and O–H groups in total. The molecule has 1 fully saturated rings. The van der Waals surface area contributed by atoms with Crippen molar-refractivity contribution in [2.24, 2.45) is 0 Å². The Bertz CT molecular complexity index is 597. The number of aliphatic carboxylic acids is 1. The fraction of sp³-hybridized carbons (Fsp3) is 0.562. The number of rotatable bonds is 8. The number of carbonyl (C=O) groups excluding carboxylic acids is 1. The number of aliphatic hydroxyl groups excluding tert-OH is 1. The van der Waals surface area contributed by atoms with Crippen LogP contribution in [0.4, 0.5) is 0 Å². The van der Waals surface area contributed by atoms with E-state index in [0.717, 1.165) is 17.8 Å². The van der Waals surface area contributed by atoms with Crippen LogP contribution in [0.15, 0.2) is 11.0 Å². The van der Waals surface area contributed by atoms with E-state index in [0.29, 0.717) is 37.1 Å². The molecule has 1 atom stereocenters. The third-order valence-electron chi connectivity index (χ3n) is 3.93. The normalized spacial score (nSPS) is 18.7. The minimum atomic E-state index is -0.914. The fourth-order valence-corrected chi connectivity index (χ4v) is 3.35. The Balaban J connectivity index is 2.07. The van der Waals surface area contributed by atoms with Crippen LogP contribution in [0.3, 0.4) is 0 Å². The lowest BCUT2D eigenvalue weighted by Crippen LogP contribution is -2.34. The Morgan fingerprint density at radius 2 is 2.35 bits per heavy atom. The lowest BCUT2D eigenvalue weighted by atomic mass is 10.1. The van der Waals surface area contributed by atoms with Gasteiger partial charge >= 0.3 is 5.97 Å². The molecule has 1 aromatic heterocycles. The first-order chi connectivity index (χ1) is 11.0. The topological polar surface area (TPSA) is 90.7 Å². The smallest absolute Gasteiger partial charge is 0.331 e. The first-order valence-corrected chi connectivity index (χ1v) is 8.71. The van der Waals surface area contributed by atoms with Crippen LogP contribution in [0.2, 0.25) is 0 Å². The van der Waals surface area contributed by atoms with Crippen LogP contribution in [0.1, 0.15) is 49.7 Å². The maximum absolute atomic E-state index is 11.8. The number of unbranched alkanes of at least 4 members (excludes halogenated alkanes) is 1. The molecule has 1 aliphatic heterocycles. The van der Waals surface area contributed by atoms with E-state index in [-0.39, 0.29) is 18.6 Å². The second kappa shape index (κ2) is 8.21. The molecule has 2 heterocycles. The van der Waals surface area contributed by atoms with Crippen LogP contribution >= 0.6 is 11.3 Å². The Morgan fingerprint density at radius 1 is 1.57 bits per heavy atom. The lowest BCUT2D eigenvalue weighted by Gasteiger charge is -2.21. The highest BCUT2D eigenvalue weighted by atomic mass is 32.1. The minimum Gasteiger partial charge on any atom is -0.478 e. The number of aliphatic hydroxyl groups is 1. The van der Waals surface area contributed by atoms with Crippen molar-refractivity contribution in [3.63, 3.8) is 0 Å². The predicted molar refractivity (Wildman–Crippen MR) is 87.9 cm³/mol. The summed E-state index contributed by atoms with van der Waals surface area (Å²) in [7, 11) is 0. The Morgan fingerprint density at radius 3 is 3.00 bits per heavy atom. The maximum atomic E-state index is 11.8. The van der Waals surface area contributed by atoms with Gasteiger partial charge in [-0.25, -0.2) is 9.78 Å². The molecule has 1 aromatic rings. The summed E-state index contributed by atoms with van der Waals surface area (Å²) in [4.78, 5) is 29.2. The van der Waals surface area contributed by atoms with Crippen molar-refractivity contribution in [1.82, 2.24) is 9.88 Å². The van der Waals surface area contributed by atoms with Crippen molar-refractivity contribution in [1.29, 1.82) is 0 Å². The summed E-state index contributed by atoms with van der Waals surface area (Å²) >= 11 is 1.40. The quantitative estimate of drug-likeness (QED) is 0.710. The van der Waals surface area contributed by atoms with Crippen LogP contribution in [0.25, 0.3) is 6.08 Å². The van der Waals surface area contributed by atoms with Crippen molar-refractivity contribution < 1.29 is 19.8 Å². The molecular formula is C16H22N2O4S. The molecule has 0 bridgehead atoms. The van der Waals surface area contributed by atoms with Crippen molar-refractivity contribution in [2.45, 2.75) is 51.6 Å². The molecule has 23 heavy (non-hydrogen) atoms. The molecule has 0 aromatic carbocycles. The zero-order valence-electron chi connectivity index (χ0n) is 13.2. The lowest BCUT2D eigenvalue weighted by molar-refractivity contribution is -0.133. The van der Waals surface area contributed by atoms with Gasteiger partial charge < -0.3 is 15.1 Å². The van der Waals surface area contributed by atoms with Gasteiger partial charge in [0.05, 0.1) is 24.9 Å². The summed E-state index contributed by atoms with van der Waals surface area (Å²) in [5.74, 6) is -0.881. The largest absolute Gasteiger partial charge is 0.478 e. The average molecular weight is 338 g/mol. The van der Waals surface area contributed by atoms with E-state index in [9.17, 15) is 19.8 Å². The molecular weight excluding hydrogens is 316 g/mol. The number of aromatic nitrogens is 1. The Kier molecular flexibility index (Phi) is 6.29. The number of hydrogen-bond donors (Lipinski definition) is 2. The van der Waals surface area contributed by atoms with Gasteiger partial charge in [-0.05, 0) is 25.3 Å². The SMILES string of the molecule is CCCCC(=Cc1csc(CN2C(=O)CC[C@@H]2CO)n1)C(=O)O. The highest BCUT2D eigenvalue weighted by molar-refractivity contribution is 7.09. The van der Waals surface area contributed by atoms with Crippen LogP contribution in [-0.2, 0) is 16.1 Å². The maximum Gasteiger partial charge on any atom is 0.331 e. The van der Waals surface area contributed by atoms with E-state index < -0.39 is 5.97 Å². The van der Waals surface area contributed by atoms with Gasteiger partial charge in [0.15, 0.2) is 0 Å². The molecule has 1 saturated heterocycles. The van der Waals surface area contributed by atoms with E-state index in [1.807, 2.05) is 6.92 Å². The zero-order valence-corrected chi connectivity index (χ0v) is 14.0. The Labute approximate surface area is 139 Å². The molecule has 0 radical (unpaired) electrons. The number of nitrogens with zero attached hydrogens (tertiary/aromatic N) is 2. The molecule has 126 valence electrons. The van der Waals surface area contributed by atoms with Crippen LogP contribution in [0.5, 0.6) is 0 Å². The summed E-state index contributed by atoms with van der Waals surface area (Å²) in [5, 5.41) is 21.1. The van der Waals surface area contributed by atoms with E-state index >= 15 is 0 Å². The molecule has 0 spiro atoms. The van der Waals surface area contributed by atoms with E-state index in [1.54, 1.807) is 16.4 Å². The average Bonchev–Trinajstić information content (AvgIpc) is 3.11. The summed E-state index contributed by atoms with van der Waals surface area (Å²) < 4.78 is 0. The fourth-order valence-electron chi connectivity index (χ4n) is 2.60. The second-order valence-corrected chi connectivity index (χ2v) is 6.58. The van der Waals surface area contributed by atoms with Crippen molar-refractivity contribution >= 4 is 29.3 Å². The van der Waals surface area contributed by atoms with Crippen LogP contribution in [0, 0.1) is 0 Å². The standard InChI is InChI=1S/C16H22N2O4S/c1-2-3-4-11(16(21)22)7-12-10-23-14(17-12)8-18-13(9-19)5-6-15(18)20/h7,10,13,19H,2-6,8-9H2,1H3,(H,21,22)/t13-/m1/s1. The Hall–Kier alpha value is -1.73. The van der Waals surface area contributed by atoms with E-state index in [4.69, 9.17) is 0 Å².